The van der Waals surface area contributed by atoms with Crippen molar-refractivity contribution in [2.24, 2.45) is 0 Å². The first-order chi connectivity index (χ1) is 11.6. The molecular formula is C17H16N2O5. The lowest BCUT2D eigenvalue weighted by Crippen LogP contribution is -2.48. The third-order valence-corrected chi connectivity index (χ3v) is 3.61. The molecule has 1 aliphatic rings. The third kappa shape index (κ3) is 3.52. The van der Waals surface area contributed by atoms with E-state index in [1.54, 1.807) is 48.8 Å². The van der Waals surface area contributed by atoms with Crippen LogP contribution >= 0.6 is 0 Å². The number of nitrogens with zero attached hydrogens (tertiary/aromatic N) is 2. The fraction of sp³-hybridized carbons (Fsp3) is 0.235. The van der Waals surface area contributed by atoms with Crippen LogP contribution in [0.3, 0.4) is 0 Å². The van der Waals surface area contributed by atoms with Crippen LogP contribution in [0.2, 0.25) is 0 Å². The molecule has 24 heavy (non-hydrogen) atoms. The van der Waals surface area contributed by atoms with Gasteiger partial charge in [-0.05, 0) is 24.3 Å². The van der Waals surface area contributed by atoms with Crippen LogP contribution in [0, 0.1) is 0 Å². The molecule has 1 amide bonds. The minimum atomic E-state index is -1.08. The average molecular weight is 328 g/mol. The van der Waals surface area contributed by atoms with Gasteiger partial charge in [0, 0.05) is 12.7 Å². The normalized spacial score (nSPS) is 17.3. The van der Waals surface area contributed by atoms with E-state index in [4.69, 9.17) is 14.6 Å². The summed E-state index contributed by atoms with van der Waals surface area (Å²) in [5, 5.41) is 9.06. The second-order valence-electron chi connectivity index (χ2n) is 5.24. The van der Waals surface area contributed by atoms with Crippen LogP contribution in [0.15, 0.2) is 48.8 Å². The number of hydrogen-bond donors (Lipinski definition) is 1. The topological polar surface area (TPSA) is 89.0 Å². The number of morpholine rings is 1. The minimum absolute atomic E-state index is 0.00932. The van der Waals surface area contributed by atoms with Gasteiger partial charge >= 0.3 is 5.97 Å². The average Bonchev–Trinajstić information content (AvgIpc) is 2.62. The number of carboxylic acid groups (broad SMARTS) is 1. The molecule has 0 saturated carbocycles. The molecule has 3 rings (SSSR count). The molecule has 0 spiro atoms. The molecule has 1 fully saturated rings. The number of carbonyl (C=O) groups is 2. The van der Waals surface area contributed by atoms with Gasteiger partial charge in [-0.3, -0.25) is 9.78 Å². The lowest BCUT2D eigenvalue weighted by molar-refractivity contribution is -0.154. The van der Waals surface area contributed by atoms with E-state index < -0.39 is 12.1 Å². The molecule has 1 saturated heterocycles. The van der Waals surface area contributed by atoms with Gasteiger partial charge in [-0.1, -0.05) is 12.1 Å². The maximum absolute atomic E-state index is 12.8. The Kier molecular flexibility index (Phi) is 4.72. The minimum Gasteiger partial charge on any atom is -0.479 e. The number of carboxylic acids is 1. The number of rotatable bonds is 4. The summed E-state index contributed by atoms with van der Waals surface area (Å²) < 4.78 is 10.9. The Morgan fingerprint density at radius 3 is 2.83 bits per heavy atom. The number of pyridine rings is 1. The highest BCUT2D eigenvalue weighted by molar-refractivity contribution is 5.97. The van der Waals surface area contributed by atoms with E-state index in [9.17, 15) is 9.59 Å². The van der Waals surface area contributed by atoms with E-state index in [0.29, 0.717) is 23.6 Å². The fourth-order valence-corrected chi connectivity index (χ4v) is 2.42. The standard InChI is InChI=1S/C17H16N2O5/c20-16(19-8-9-23-15(11-19)17(21)22)13-5-1-2-6-14(13)24-12-4-3-7-18-10-12/h1-7,10,15H,8-9,11H2,(H,21,22)/t15-/m0/s1. The molecule has 0 aliphatic carbocycles. The molecular weight excluding hydrogens is 312 g/mol. The van der Waals surface area contributed by atoms with E-state index in [1.807, 2.05) is 0 Å². The maximum atomic E-state index is 12.8. The summed E-state index contributed by atoms with van der Waals surface area (Å²) in [4.78, 5) is 29.3. The first kappa shape index (κ1) is 15.9. The molecule has 1 atom stereocenters. The Morgan fingerprint density at radius 2 is 2.08 bits per heavy atom. The van der Waals surface area contributed by atoms with Crippen LogP contribution < -0.4 is 4.74 Å². The van der Waals surface area contributed by atoms with Crippen molar-refractivity contribution in [2.45, 2.75) is 6.10 Å². The second-order valence-corrected chi connectivity index (χ2v) is 5.24. The lowest BCUT2D eigenvalue weighted by atomic mass is 10.1. The van der Waals surface area contributed by atoms with Crippen LogP contribution in [0.1, 0.15) is 10.4 Å². The SMILES string of the molecule is O=C(O)[C@@H]1CN(C(=O)c2ccccc2Oc2cccnc2)CCO1. The highest BCUT2D eigenvalue weighted by Crippen LogP contribution is 2.26. The van der Waals surface area contributed by atoms with Crippen molar-refractivity contribution in [2.75, 3.05) is 19.7 Å². The van der Waals surface area contributed by atoms with Gasteiger partial charge in [0.2, 0.25) is 0 Å². The molecule has 1 aliphatic heterocycles. The van der Waals surface area contributed by atoms with Crippen molar-refractivity contribution < 1.29 is 24.2 Å². The highest BCUT2D eigenvalue weighted by Gasteiger charge is 2.30. The number of amides is 1. The van der Waals surface area contributed by atoms with Gasteiger partial charge < -0.3 is 19.5 Å². The highest BCUT2D eigenvalue weighted by atomic mass is 16.5. The predicted molar refractivity (Wildman–Crippen MR) is 84.0 cm³/mol. The van der Waals surface area contributed by atoms with Crippen molar-refractivity contribution in [1.82, 2.24) is 9.88 Å². The summed E-state index contributed by atoms with van der Waals surface area (Å²) in [6.45, 7) is 0.535. The molecule has 2 heterocycles. The van der Waals surface area contributed by atoms with Crippen molar-refractivity contribution in [3.8, 4) is 11.5 Å². The number of para-hydroxylation sites is 1. The second kappa shape index (κ2) is 7.10. The Hall–Kier alpha value is -2.93. The summed E-state index contributed by atoms with van der Waals surface area (Å²) in [5.74, 6) is -0.451. The van der Waals surface area contributed by atoms with Crippen molar-refractivity contribution in [3.05, 3.63) is 54.4 Å². The van der Waals surface area contributed by atoms with Crippen LogP contribution in [0.25, 0.3) is 0 Å². The summed E-state index contributed by atoms with van der Waals surface area (Å²) >= 11 is 0. The lowest BCUT2D eigenvalue weighted by Gasteiger charge is -2.31. The molecule has 124 valence electrons. The molecule has 1 aromatic heterocycles. The van der Waals surface area contributed by atoms with Crippen molar-refractivity contribution >= 4 is 11.9 Å². The molecule has 0 bridgehead atoms. The van der Waals surface area contributed by atoms with Crippen LogP contribution in [0.4, 0.5) is 0 Å². The van der Waals surface area contributed by atoms with Gasteiger partial charge in [-0.25, -0.2) is 4.79 Å². The molecule has 7 heteroatoms. The molecule has 7 nitrogen and oxygen atoms in total. The zero-order chi connectivity index (χ0) is 16.9. The van der Waals surface area contributed by atoms with Crippen molar-refractivity contribution in [1.29, 1.82) is 0 Å². The third-order valence-electron chi connectivity index (χ3n) is 3.61. The summed E-state index contributed by atoms with van der Waals surface area (Å²) in [5.41, 5.74) is 0.368. The monoisotopic (exact) mass is 328 g/mol. The molecule has 0 radical (unpaired) electrons. The number of aromatic nitrogens is 1. The van der Waals surface area contributed by atoms with Gasteiger partial charge in [0.15, 0.2) is 6.10 Å². The summed E-state index contributed by atoms with van der Waals surface area (Å²) in [6.07, 6.45) is 2.18. The first-order valence-corrected chi connectivity index (χ1v) is 7.46. The number of carbonyl (C=O) groups excluding carboxylic acids is 1. The Balaban J connectivity index is 1.81. The van der Waals surface area contributed by atoms with Gasteiger partial charge in [0.05, 0.1) is 24.9 Å². The zero-order valence-electron chi connectivity index (χ0n) is 12.8. The van der Waals surface area contributed by atoms with Crippen LogP contribution in [0.5, 0.6) is 11.5 Å². The smallest absolute Gasteiger partial charge is 0.334 e. The number of ether oxygens (including phenoxy) is 2. The van der Waals surface area contributed by atoms with Crippen LogP contribution in [-0.2, 0) is 9.53 Å². The summed E-state index contributed by atoms with van der Waals surface area (Å²) in [6, 6.07) is 10.3. The van der Waals surface area contributed by atoms with E-state index in [0.717, 1.165) is 0 Å². The van der Waals surface area contributed by atoms with Gasteiger partial charge in [0.1, 0.15) is 11.5 Å². The number of hydrogen-bond acceptors (Lipinski definition) is 5. The van der Waals surface area contributed by atoms with Gasteiger partial charge in [-0.2, -0.15) is 0 Å². The summed E-state index contributed by atoms with van der Waals surface area (Å²) in [7, 11) is 0. The zero-order valence-corrected chi connectivity index (χ0v) is 12.8. The Bertz CT molecular complexity index is 735. The van der Waals surface area contributed by atoms with E-state index in [2.05, 4.69) is 4.98 Å². The van der Waals surface area contributed by atoms with Gasteiger partial charge in [-0.15, -0.1) is 0 Å². The van der Waals surface area contributed by atoms with E-state index in [1.165, 1.54) is 4.90 Å². The predicted octanol–water partition coefficient (Wildman–Crippen LogP) is 1.80. The quantitative estimate of drug-likeness (QED) is 0.920. The maximum Gasteiger partial charge on any atom is 0.334 e. The molecule has 0 unspecified atom stereocenters. The largest absolute Gasteiger partial charge is 0.479 e. The number of aliphatic carboxylic acids is 1. The van der Waals surface area contributed by atoms with Crippen molar-refractivity contribution in [3.63, 3.8) is 0 Å². The van der Waals surface area contributed by atoms with E-state index in [-0.39, 0.29) is 19.1 Å². The Labute approximate surface area is 138 Å². The van der Waals surface area contributed by atoms with E-state index >= 15 is 0 Å². The number of benzene rings is 1. The molecule has 2 aromatic rings. The van der Waals surface area contributed by atoms with Crippen LogP contribution in [-0.4, -0.2) is 52.7 Å². The Morgan fingerprint density at radius 1 is 1.25 bits per heavy atom. The fourth-order valence-electron chi connectivity index (χ4n) is 2.42. The molecule has 1 aromatic carbocycles. The first-order valence-electron chi connectivity index (χ1n) is 7.46. The molecule has 1 N–H and O–H groups in total. The van der Waals surface area contributed by atoms with Gasteiger partial charge in [0.25, 0.3) is 5.91 Å².